The maximum atomic E-state index is 10.9. The number of benzene rings is 1. The van der Waals surface area contributed by atoms with E-state index in [1.807, 2.05) is 0 Å². The first kappa shape index (κ1) is 10.2. The molecule has 0 amide bonds. The fourth-order valence-electron chi connectivity index (χ4n) is 1.24. The van der Waals surface area contributed by atoms with Gasteiger partial charge in [0.2, 0.25) is 0 Å². The molecule has 72 valence electrons. The number of aromatic carboxylic acids is 1. The van der Waals surface area contributed by atoms with E-state index in [1.54, 1.807) is 17.5 Å². The molecule has 5 heteroatoms. The van der Waals surface area contributed by atoms with Gasteiger partial charge < -0.3 is 5.11 Å². The topological polar surface area (TPSA) is 37.3 Å². The van der Waals surface area contributed by atoms with Crippen LogP contribution in [0.4, 0.5) is 0 Å². The van der Waals surface area contributed by atoms with Crippen LogP contribution >= 0.6 is 45.5 Å². The molecule has 1 aromatic heterocycles. The Morgan fingerprint density at radius 2 is 2.21 bits per heavy atom. The van der Waals surface area contributed by atoms with Gasteiger partial charge in [-0.05, 0) is 34.7 Å². The van der Waals surface area contributed by atoms with Gasteiger partial charge in [0.25, 0.3) is 0 Å². The molecule has 0 saturated carbocycles. The monoisotopic (exact) mass is 338 g/mol. The van der Waals surface area contributed by atoms with E-state index in [1.165, 1.54) is 11.3 Å². The predicted octanol–water partition coefficient (Wildman–Crippen LogP) is 3.86. The van der Waals surface area contributed by atoms with Gasteiger partial charge in [0.15, 0.2) is 0 Å². The fraction of sp³-hybridized carbons (Fsp3) is 0. The van der Waals surface area contributed by atoms with Gasteiger partial charge in [-0.3, -0.25) is 0 Å². The van der Waals surface area contributed by atoms with E-state index >= 15 is 0 Å². The number of carboxylic acids is 1. The zero-order valence-electron chi connectivity index (χ0n) is 6.75. The summed E-state index contributed by atoms with van der Waals surface area (Å²) in [4.78, 5) is 10.9. The Balaban J connectivity index is 2.85. The molecule has 0 aliphatic carbocycles. The van der Waals surface area contributed by atoms with Gasteiger partial charge in [0.1, 0.15) is 0 Å². The zero-order chi connectivity index (χ0) is 10.3. The molecule has 0 bridgehead atoms. The molecule has 2 rings (SSSR count). The van der Waals surface area contributed by atoms with E-state index < -0.39 is 5.97 Å². The van der Waals surface area contributed by atoms with E-state index in [2.05, 4.69) is 22.6 Å². The standard InChI is InChI=1S/C9H4ClIO2S/c10-4-1-6(11)8-5(9(12)13)3-14-7(8)2-4/h1-3H,(H,12,13). The first-order valence-electron chi connectivity index (χ1n) is 3.69. The lowest BCUT2D eigenvalue weighted by Crippen LogP contribution is -1.94. The molecule has 1 heterocycles. The summed E-state index contributed by atoms with van der Waals surface area (Å²) >= 11 is 9.37. The lowest BCUT2D eigenvalue weighted by Gasteiger charge is -1.97. The summed E-state index contributed by atoms with van der Waals surface area (Å²) in [7, 11) is 0. The minimum absolute atomic E-state index is 0.353. The van der Waals surface area contributed by atoms with Crippen molar-refractivity contribution in [3.05, 3.63) is 31.7 Å². The van der Waals surface area contributed by atoms with Crippen molar-refractivity contribution in [2.45, 2.75) is 0 Å². The fourth-order valence-corrected chi connectivity index (χ4v) is 3.81. The maximum Gasteiger partial charge on any atom is 0.337 e. The number of carboxylic acid groups (broad SMARTS) is 1. The van der Waals surface area contributed by atoms with Gasteiger partial charge in [-0.25, -0.2) is 4.79 Å². The van der Waals surface area contributed by atoms with Gasteiger partial charge in [-0.15, -0.1) is 11.3 Å². The van der Waals surface area contributed by atoms with Crippen molar-refractivity contribution in [2.24, 2.45) is 0 Å². The molecule has 0 fully saturated rings. The van der Waals surface area contributed by atoms with Crippen molar-refractivity contribution in [3.63, 3.8) is 0 Å². The number of fused-ring (bicyclic) bond motifs is 1. The van der Waals surface area contributed by atoms with Gasteiger partial charge in [-0.1, -0.05) is 11.6 Å². The summed E-state index contributed by atoms with van der Waals surface area (Å²) in [5, 5.41) is 12.0. The third kappa shape index (κ3) is 1.62. The molecule has 1 aromatic carbocycles. The van der Waals surface area contributed by atoms with Crippen molar-refractivity contribution in [2.75, 3.05) is 0 Å². The van der Waals surface area contributed by atoms with E-state index in [0.29, 0.717) is 10.6 Å². The van der Waals surface area contributed by atoms with Gasteiger partial charge in [0.05, 0.1) is 5.56 Å². The van der Waals surface area contributed by atoms with Crippen molar-refractivity contribution >= 4 is 61.6 Å². The molecule has 0 aliphatic rings. The van der Waals surface area contributed by atoms with Gasteiger partial charge in [-0.2, -0.15) is 0 Å². The Morgan fingerprint density at radius 3 is 2.86 bits per heavy atom. The van der Waals surface area contributed by atoms with E-state index in [9.17, 15) is 4.79 Å². The van der Waals surface area contributed by atoms with Crippen LogP contribution in [0, 0.1) is 3.57 Å². The Bertz CT molecular complexity index is 521. The van der Waals surface area contributed by atoms with Crippen LogP contribution in [0.25, 0.3) is 10.1 Å². The molecule has 2 nitrogen and oxygen atoms in total. The summed E-state index contributed by atoms with van der Waals surface area (Å²) < 4.78 is 1.79. The average Bonchev–Trinajstić information content (AvgIpc) is 2.47. The molecule has 0 unspecified atom stereocenters. The Labute approximate surface area is 103 Å². The third-order valence-corrected chi connectivity index (χ3v) is 3.82. The average molecular weight is 339 g/mol. The second-order valence-electron chi connectivity index (χ2n) is 2.72. The highest BCUT2D eigenvalue weighted by Crippen LogP contribution is 2.32. The molecule has 0 atom stereocenters. The Morgan fingerprint density at radius 1 is 1.50 bits per heavy atom. The van der Waals surface area contributed by atoms with Crippen molar-refractivity contribution in [1.82, 2.24) is 0 Å². The molecule has 0 spiro atoms. The van der Waals surface area contributed by atoms with Crippen LogP contribution < -0.4 is 0 Å². The highest BCUT2D eigenvalue weighted by Gasteiger charge is 2.13. The van der Waals surface area contributed by atoms with Crippen molar-refractivity contribution < 1.29 is 9.90 Å². The molecular formula is C9H4ClIO2S. The van der Waals surface area contributed by atoms with Gasteiger partial charge in [0, 0.05) is 24.1 Å². The van der Waals surface area contributed by atoms with Crippen LogP contribution in [-0.2, 0) is 0 Å². The van der Waals surface area contributed by atoms with Crippen molar-refractivity contribution in [1.29, 1.82) is 0 Å². The Kier molecular flexibility index (Phi) is 2.68. The third-order valence-electron chi connectivity index (χ3n) is 1.82. The predicted molar refractivity (Wildman–Crippen MR) is 66.5 cm³/mol. The highest BCUT2D eigenvalue weighted by atomic mass is 127. The second-order valence-corrected chi connectivity index (χ2v) is 5.23. The molecule has 0 saturated heterocycles. The summed E-state index contributed by atoms with van der Waals surface area (Å²) in [6, 6.07) is 3.56. The first-order valence-corrected chi connectivity index (χ1v) is 6.03. The minimum atomic E-state index is -0.892. The number of hydrogen-bond donors (Lipinski definition) is 1. The number of thiophene rings is 1. The lowest BCUT2D eigenvalue weighted by atomic mass is 10.2. The largest absolute Gasteiger partial charge is 0.478 e. The molecule has 0 radical (unpaired) electrons. The van der Waals surface area contributed by atoms with Gasteiger partial charge >= 0.3 is 5.97 Å². The second kappa shape index (κ2) is 3.67. The SMILES string of the molecule is O=C(O)c1csc2cc(Cl)cc(I)c12. The highest BCUT2D eigenvalue weighted by molar-refractivity contribution is 14.1. The lowest BCUT2D eigenvalue weighted by molar-refractivity contribution is 0.0699. The normalized spacial score (nSPS) is 10.7. The quantitative estimate of drug-likeness (QED) is 0.802. The summed E-state index contributed by atoms with van der Waals surface area (Å²) in [5.74, 6) is -0.892. The summed E-state index contributed by atoms with van der Waals surface area (Å²) in [5.41, 5.74) is 0.353. The van der Waals surface area contributed by atoms with E-state index in [-0.39, 0.29) is 0 Å². The van der Waals surface area contributed by atoms with E-state index in [4.69, 9.17) is 16.7 Å². The first-order chi connectivity index (χ1) is 6.59. The van der Waals surface area contributed by atoms with Crippen LogP contribution in [-0.4, -0.2) is 11.1 Å². The van der Waals surface area contributed by atoms with Crippen LogP contribution in [0.3, 0.4) is 0 Å². The summed E-state index contributed by atoms with van der Waals surface area (Å²) in [6.07, 6.45) is 0. The van der Waals surface area contributed by atoms with Crippen LogP contribution in [0.2, 0.25) is 5.02 Å². The maximum absolute atomic E-state index is 10.9. The molecule has 2 aromatic rings. The Hall–Kier alpha value is -0.330. The number of hydrogen-bond acceptors (Lipinski definition) is 2. The van der Waals surface area contributed by atoms with Crippen LogP contribution in [0.15, 0.2) is 17.5 Å². The van der Waals surface area contributed by atoms with Crippen LogP contribution in [0.1, 0.15) is 10.4 Å². The summed E-state index contributed by atoms with van der Waals surface area (Å²) in [6.45, 7) is 0. The molecule has 0 aliphatic heterocycles. The van der Waals surface area contributed by atoms with E-state index in [0.717, 1.165) is 13.7 Å². The van der Waals surface area contributed by atoms with Crippen LogP contribution in [0.5, 0.6) is 0 Å². The van der Waals surface area contributed by atoms with Crippen molar-refractivity contribution in [3.8, 4) is 0 Å². The molecule has 14 heavy (non-hydrogen) atoms. The zero-order valence-corrected chi connectivity index (χ0v) is 10.5. The minimum Gasteiger partial charge on any atom is -0.478 e. The number of rotatable bonds is 1. The smallest absolute Gasteiger partial charge is 0.337 e. The number of carbonyl (C=O) groups is 1. The molecular weight excluding hydrogens is 335 g/mol. The number of halogens is 2. The molecule has 1 N–H and O–H groups in total.